The zero-order chi connectivity index (χ0) is 29.7. The van der Waals surface area contributed by atoms with Crippen molar-refractivity contribution in [2.45, 2.75) is 26.8 Å². The summed E-state index contributed by atoms with van der Waals surface area (Å²) in [4.78, 5) is 32.3. The Morgan fingerprint density at radius 1 is 1.10 bits per heavy atom. The summed E-state index contributed by atoms with van der Waals surface area (Å²) in [6.07, 6.45) is 7.05. The molecule has 41 heavy (non-hydrogen) atoms. The number of carbonyl (C=O) groups excluding carboxylic acids is 1. The van der Waals surface area contributed by atoms with Crippen LogP contribution in [0.4, 0.5) is 0 Å². The van der Waals surface area contributed by atoms with Crippen LogP contribution in [0.15, 0.2) is 55.9 Å². The smallest absolute Gasteiger partial charge is 0.338 e. The lowest BCUT2D eigenvalue weighted by Gasteiger charge is -2.26. The zero-order valence-corrected chi connectivity index (χ0v) is 25.7. The number of thiazole rings is 1. The number of methoxy groups -OCH3 is 2. The van der Waals surface area contributed by atoms with Gasteiger partial charge in [0, 0.05) is 4.47 Å². The number of nitrogens with zero attached hydrogens (tertiary/aromatic N) is 2. The summed E-state index contributed by atoms with van der Waals surface area (Å²) < 4.78 is 30.2. The molecule has 0 spiro atoms. The molecular weight excluding hydrogens is 612 g/mol. The van der Waals surface area contributed by atoms with Gasteiger partial charge in [-0.2, -0.15) is 0 Å². The fourth-order valence-electron chi connectivity index (χ4n) is 4.44. The van der Waals surface area contributed by atoms with Gasteiger partial charge in [0.15, 0.2) is 27.8 Å². The van der Waals surface area contributed by atoms with Crippen LogP contribution in [0, 0.1) is 12.3 Å². The lowest BCUT2D eigenvalue weighted by Crippen LogP contribution is -2.40. The van der Waals surface area contributed by atoms with Crippen LogP contribution in [0.2, 0.25) is 0 Å². The number of ether oxygens (including phenoxy) is 5. The molecule has 1 atom stereocenters. The van der Waals surface area contributed by atoms with E-state index in [9.17, 15) is 9.59 Å². The predicted molar refractivity (Wildman–Crippen MR) is 160 cm³/mol. The average molecular weight is 642 g/mol. The second-order valence-corrected chi connectivity index (χ2v) is 10.5. The summed E-state index contributed by atoms with van der Waals surface area (Å²) in [5.41, 5.74) is 1.72. The molecule has 0 N–H and O–H groups in total. The number of hydrogen-bond acceptors (Lipinski definition) is 9. The summed E-state index contributed by atoms with van der Waals surface area (Å²) in [6, 6.07) is 7.98. The van der Waals surface area contributed by atoms with Gasteiger partial charge >= 0.3 is 5.97 Å². The molecule has 0 saturated heterocycles. The van der Waals surface area contributed by atoms with Gasteiger partial charge in [-0.25, -0.2) is 9.79 Å². The molecule has 3 aromatic rings. The Balaban J connectivity index is 1.94. The normalized spacial score (nSPS) is 14.6. The minimum Gasteiger partial charge on any atom is -0.493 e. The molecule has 2 heterocycles. The van der Waals surface area contributed by atoms with E-state index in [0.717, 1.165) is 0 Å². The van der Waals surface area contributed by atoms with Crippen LogP contribution in [-0.2, 0) is 9.53 Å². The van der Waals surface area contributed by atoms with E-state index in [1.807, 2.05) is 6.92 Å². The number of hydrogen-bond donors (Lipinski definition) is 0. The first-order valence-electron chi connectivity index (χ1n) is 12.7. The van der Waals surface area contributed by atoms with E-state index >= 15 is 0 Å². The molecule has 9 nitrogen and oxygen atoms in total. The van der Waals surface area contributed by atoms with E-state index in [1.54, 1.807) is 50.3 Å². The van der Waals surface area contributed by atoms with E-state index < -0.39 is 12.0 Å². The van der Waals surface area contributed by atoms with E-state index in [0.29, 0.717) is 60.2 Å². The number of benzene rings is 2. The van der Waals surface area contributed by atoms with Gasteiger partial charge in [-0.15, -0.1) is 6.42 Å². The fourth-order valence-corrected chi connectivity index (χ4v) is 6.02. The molecule has 214 valence electrons. The highest BCUT2D eigenvalue weighted by Gasteiger charge is 2.35. The number of terminal acetylenes is 1. The Morgan fingerprint density at radius 2 is 1.83 bits per heavy atom. The van der Waals surface area contributed by atoms with Crippen molar-refractivity contribution in [1.29, 1.82) is 0 Å². The number of fused-ring (bicyclic) bond motifs is 1. The van der Waals surface area contributed by atoms with Crippen molar-refractivity contribution in [2.24, 2.45) is 4.99 Å². The summed E-state index contributed by atoms with van der Waals surface area (Å²) in [7, 11) is 3.06. The van der Waals surface area contributed by atoms with Crippen molar-refractivity contribution in [1.82, 2.24) is 4.57 Å². The molecule has 0 bridgehead atoms. The Kier molecular flexibility index (Phi) is 9.57. The van der Waals surface area contributed by atoms with Gasteiger partial charge < -0.3 is 23.7 Å². The maximum atomic E-state index is 14.0. The third-order valence-electron chi connectivity index (χ3n) is 6.19. The van der Waals surface area contributed by atoms with Crippen LogP contribution in [0.5, 0.6) is 23.0 Å². The summed E-state index contributed by atoms with van der Waals surface area (Å²) in [5.74, 6) is 3.83. The molecule has 1 aliphatic heterocycles. The van der Waals surface area contributed by atoms with E-state index in [1.165, 1.54) is 30.1 Å². The maximum Gasteiger partial charge on any atom is 0.338 e. The zero-order valence-electron chi connectivity index (χ0n) is 23.3. The van der Waals surface area contributed by atoms with Gasteiger partial charge in [0.2, 0.25) is 0 Å². The van der Waals surface area contributed by atoms with Crippen LogP contribution in [-0.4, -0.2) is 44.6 Å². The standard InChI is InChI=1S/C30H29BrN2O7S/c1-7-12-40-21-11-10-18(13-22(21)36-5)14-25-28(34)33-27(19-15-23(37-6)24(38-8-2)16-20(19)31)26(29(35)39-9-3)17(4)32-30(33)41-25/h1,10-11,13-16,27H,8-9,12H2,2-6H3/b25-14+/t27-/m0/s1. The molecule has 0 aliphatic carbocycles. The number of halogens is 1. The van der Waals surface area contributed by atoms with E-state index in [2.05, 4.69) is 26.8 Å². The molecule has 2 aromatic carbocycles. The van der Waals surface area contributed by atoms with Crippen molar-refractivity contribution in [3.05, 3.63) is 76.9 Å². The Morgan fingerprint density at radius 3 is 2.49 bits per heavy atom. The fraction of sp³-hybridized carbons (Fsp3) is 0.300. The number of esters is 1. The molecule has 0 radical (unpaired) electrons. The quantitative estimate of drug-likeness (QED) is 0.244. The maximum absolute atomic E-state index is 14.0. The van der Waals surface area contributed by atoms with Gasteiger partial charge in [-0.3, -0.25) is 9.36 Å². The van der Waals surface area contributed by atoms with Crippen molar-refractivity contribution < 1.29 is 28.5 Å². The summed E-state index contributed by atoms with van der Waals surface area (Å²) in [6.45, 7) is 6.04. The Labute approximate surface area is 249 Å². The van der Waals surface area contributed by atoms with Crippen LogP contribution in [0.1, 0.15) is 37.9 Å². The molecule has 4 rings (SSSR count). The molecule has 1 aromatic heterocycles. The summed E-state index contributed by atoms with van der Waals surface area (Å²) >= 11 is 4.85. The first-order chi connectivity index (χ1) is 19.8. The molecule has 0 amide bonds. The molecule has 0 fully saturated rings. The Bertz CT molecular complexity index is 1730. The van der Waals surface area contributed by atoms with Gasteiger partial charge in [-0.05, 0) is 62.2 Å². The van der Waals surface area contributed by atoms with Gasteiger partial charge in [-0.1, -0.05) is 39.3 Å². The van der Waals surface area contributed by atoms with E-state index in [-0.39, 0.29) is 24.3 Å². The number of carbonyl (C=O) groups is 1. The van der Waals surface area contributed by atoms with Crippen molar-refractivity contribution in [3.8, 4) is 35.3 Å². The number of allylic oxidation sites excluding steroid dienone is 1. The van der Waals surface area contributed by atoms with Crippen molar-refractivity contribution in [3.63, 3.8) is 0 Å². The molecule has 1 aliphatic rings. The van der Waals surface area contributed by atoms with E-state index in [4.69, 9.17) is 30.1 Å². The van der Waals surface area contributed by atoms with Crippen molar-refractivity contribution in [2.75, 3.05) is 34.0 Å². The predicted octanol–water partition coefficient (Wildman–Crippen LogP) is 3.99. The third-order valence-corrected chi connectivity index (χ3v) is 7.86. The monoisotopic (exact) mass is 640 g/mol. The Hall–Kier alpha value is -4.01. The lowest BCUT2D eigenvalue weighted by atomic mass is 9.95. The molecule has 0 saturated carbocycles. The van der Waals surface area contributed by atoms with Crippen LogP contribution in [0.25, 0.3) is 6.08 Å². The SMILES string of the molecule is C#CCOc1ccc(/C=c2/sc3n(c2=O)[C@@H](c2cc(OC)c(OCC)cc2Br)C(C(=O)OCC)=C(C)N=3)cc1OC. The second kappa shape index (κ2) is 13.1. The largest absolute Gasteiger partial charge is 0.493 e. The van der Waals surface area contributed by atoms with Crippen molar-refractivity contribution >= 4 is 39.3 Å². The highest BCUT2D eigenvalue weighted by molar-refractivity contribution is 9.10. The van der Waals surface area contributed by atoms with Gasteiger partial charge in [0.1, 0.15) is 6.61 Å². The topological polar surface area (TPSA) is 97.6 Å². The highest BCUT2D eigenvalue weighted by Crippen LogP contribution is 2.41. The minimum absolute atomic E-state index is 0.0996. The van der Waals surface area contributed by atoms with Crippen LogP contribution >= 0.6 is 27.3 Å². The first kappa shape index (κ1) is 30.0. The molecule has 0 unspecified atom stereocenters. The average Bonchev–Trinajstić information content (AvgIpc) is 3.25. The number of aromatic nitrogens is 1. The number of rotatable bonds is 10. The van der Waals surface area contributed by atoms with Gasteiger partial charge in [0.05, 0.1) is 49.3 Å². The summed E-state index contributed by atoms with van der Waals surface area (Å²) in [5, 5.41) is 0. The van der Waals surface area contributed by atoms with Gasteiger partial charge in [0.25, 0.3) is 5.56 Å². The van der Waals surface area contributed by atoms with Crippen LogP contribution < -0.4 is 33.8 Å². The lowest BCUT2D eigenvalue weighted by molar-refractivity contribution is -0.139. The third kappa shape index (κ3) is 6.04. The first-order valence-corrected chi connectivity index (χ1v) is 14.3. The minimum atomic E-state index is -0.833. The second-order valence-electron chi connectivity index (χ2n) is 8.66. The molecular formula is C30H29BrN2O7S. The van der Waals surface area contributed by atoms with Crippen LogP contribution in [0.3, 0.4) is 0 Å². The molecule has 11 heteroatoms. The highest BCUT2D eigenvalue weighted by atomic mass is 79.9.